The molecule has 0 aliphatic carbocycles. The zero-order chi connectivity index (χ0) is 24.9. The molecule has 4 rings (SSSR count). The summed E-state index contributed by atoms with van der Waals surface area (Å²) in [5, 5.41) is 3.65. The van der Waals surface area contributed by atoms with Gasteiger partial charge in [0.2, 0.25) is 0 Å². The van der Waals surface area contributed by atoms with Gasteiger partial charge in [0.25, 0.3) is 0 Å². The van der Waals surface area contributed by atoms with E-state index in [1.807, 2.05) is 0 Å². The van der Waals surface area contributed by atoms with Gasteiger partial charge in [0.1, 0.15) is 5.82 Å². The quantitative estimate of drug-likeness (QED) is 0.439. The zero-order valence-corrected chi connectivity index (χ0v) is 22.2. The van der Waals surface area contributed by atoms with Gasteiger partial charge < -0.3 is 19.4 Å². The van der Waals surface area contributed by atoms with Crippen LogP contribution in [0.5, 0.6) is 0 Å². The summed E-state index contributed by atoms with van der Waals surface area (Å²) in [5.41, 5.74) is 7.83. The summed E-state index contributed by atoms with van der Waals surface area (Å²) in [6.45, 7) is 17.0. The normalized spacial score (nSPS) is 15.7. The molecule has 1 aliphatic heterocycles. The van der Waals surface area contributed by atoms with E-state index >= 15 is 0 Å². The summed E-state index contributed by atoms with van der Waals surface area (Å²) in [6, 6.07) is 6.91. The van der Waals surface area contributed by atoms with Crippen LogP contribution in [-0.4, -0.2) is 72.5 Å². The summed E-state index contributed by atoms with van der Waals surface area (Å²) < 4.78 is 13.2. The van der Waals surface area contributed by atoms with Crippen molar-refractivity contribution in [1.29, 1.82) is 0 Å². The Morgan fingerprint density at radius 1 is 1.14 bits per heavy atom. The van der Waals surface area contributed by atoms with Crippen LogP contribution in [0.25, 0.3) is 22.3 Å². The number of anilines is 1. The molecule has 0 bridgehead atoms. The Labute approximate surface area is 209 Å². The van der Waals surface area contributed by atoms with Gasteiger partial charge in [-0.05, 0) is 55.5 Å². The minimum atomic E-state index is 0.248. The molecule has 0 radical (unpaired) electrons. The molecule has 7 nitrogen and oxygen atoms in total. The maximum atomic E-state index is 5.49. The fraction of sp³-hybridized carbons (Fsp3) is 0.571. The molecule has 0 aromatic carbocycles. The van der Waals surface area contributed by atoms with Crippen LogP contribution >= 0.6 is 0 Å². The number of fused-ring (bicyclic) bond motifs is 1. The molecule has 3 aromatic rings. The second-order valence-electron chi connectivity index (χ2n) is 9.91. The fourth-order valence-electron chi connectivity index (χ4n) is 4.84. The molecule has 1 saturated heterocycles. The molecular formula is C28H41N5O2. The molecule has 1 atom stereocenters. The molecule has 0 saturated carbocycles. The summed E-state index contributed by atoms with van der Waals surface area (Å²) in [4.78, 5) is 12.7. The molecule has 7 heteroatoms. The third kappa shape index (κ3) is 5.68. The number of aromatic nitrogens is 3. The van der Waals surface area contributed by atoms with Gasteiger partial charge in [0.15, 0.2) is 0 Å². The highest BCUT2D eigenvalue weighted by Crippen LogP contribution is 2.34. The van der Waals surface area contributed by atoms with Crippen LogP contribution in [0.1, 0.15) is 56.5 Å². The van der Waals surface area contributed by atoms with Crippen LogP contribution < -0.4 is 5.32 Å². The lowest BCUT2D eigenvalue weighted by atomic mass is 10.0. The standard InChI is InChI=1S/C28H41N5O2/c1-7-22-16-25-26(20(4)17-33(25)21(5)18-34-6)31-27(22)23-8-9-24(19(2)3)30-28(23)29-10-11-32-12-14-35-15-13-32/h8-9,16-17,19,21H,7,10-15,18H2,1-6H3,(H,29,30)/t21-/m0/s1. The van der Waals surface area contributed by atoms with E-state index in [-0.39, 0.29) is 6.04 Å². The van der Waals surface area contributed by atoms with E-state index in [2.05, 4.69) is 73.8 Å². The van der Waals surface area contributed by atoms with Crippen molar-refractivity contribution in [2.75, 3.05) is 58.4 Å². The van der Waals surface area contributed by atoms with Crippen molar-refractivity contribution in [2.24, 2.45) is 0 Å². The zero-order valence-electron chi connectivity index (χ0n) is 22.2. The molecule has 1 fully saturated rings. The van der Waals surface area contributed by atoms with Crippen LogP contribution in [0.15, 0.2) is 24.4 Å². The van der Waals surface area contributed by atoms with Gasteiger partial charge in [-0.2, -0.15) is 0 Å². The van der Waals surface area contributed by atoms with Gasteiger partial charge in [-0.3, -0.25) is 4.90 Å². The average molecular weight is 480 g/mol. The number of nitrogens with zero attached hydrogens (tertiary/aromatic N) is 4. The van der Waals surface area contributed by atoms with E-state index in [9.17, 15) is 0 Å². The maximum Gasteiger partial charge on any atom is 0.135 e. The molecule has 190 valence electrons. The van der Waals surface area contributed by atoms with Gasteiger partial charge in [-0.1, -0.05) is 20.8 Å². The van der Waals surface area contributed by atoms with Crippen LogP contribution in [-0.2, 0) is 15.9 Å². The Kier molecular flexibility index (Phi) is 8.42. The first-order valence-electron chi connectivity index (χ1n) is 13.0. The third-order valence-electron chi connectivity index (χ3n) is 6.92. The maximum absolute atomic E-state index is 5.49. The molecule has 4 heterocycles. The highest BCUT2D eigenvalue weighted by molar-refractivity contribution is 5.86. The lowest BCUT2D eigenvalue weighted by Crippen LogP contribution is -2.39. The number of aryl methyl sites for hydroxylation is 2. The second kappa shape index (κ2) is 11.5. The van der Waals surface area contributed by atoms with Crippen molar-refractivity contribution >= 4 is 16.9 Å². The van der Waals surface area contributed by atoms with Crippen LogP contribution in [0.2, 0.25) is 0 Å². The molecule has 3 aromatic heterocycles. The van der Waals surface area contributed by atoms with E-state index in [0.29, 0.717) is 12.5 Å². The first-order valence-corrected chi connectivity index (χ1v) is 13.0. The van der Waals surface area contributed by atoms with Crippen LogP contribution in [0, 0.1) is 6.92 Å². The third-order valence-corrected chi connectivity index (χ3v) is 6.92. The van der Waals surface area contributed by atoms with Crippen molar-refractivity contribution in [3.8, 4) is 11.3 Å². The first-order chi connectivity index (χ1) is 16.9. The van der Waals surface area contributed by atoms with Crippen molar-refractivity contribution < 1.29 is 9.47 Å². The van der Waals surface area contributed by atoms with E-state index in [0.717, 1.165) is 74.1 Å². The number of methoxy groups -OCH3 is 1. The van der Waals surface area contributed by atoms with Gasteiger partial charge in [0.05, 0.1) is 42.6 Å². The van der Waals surface area contributed by atoms with E-state index in [1.54, 1.807) is 7.11 Å². The SMILES string of the molecule is CCc1cc2c(nc1-c1ccc(C(C)C)nc1NCCN1CCOCC1)c(C)cn2[C@@H](C)COC. The molecule has 0 spiro atoms. The van der Waals surface area contributed by atoms with Crippen LogP contribution in [0.4, 0.5) is 5.82 Å². The Hall–Kier alpha value is -2.48. The number of rotatable bonds is 10. The number of morpholine rings is 1. The lowest BCUT2D eigenvalue weighted by Gasteiger charge is -2.26. The van der Waals surface area contributed by atoms with Gasteiger partial charge >= 0.3 is 0 Å². The Morgan fingerprint density at radius 3 is 2.60 bits per heavy atom. The molecule has 0 unspecified atom stereocenters. The summed E-state index contributed by atoms with van der Waals surface area (Å²) in [5.74, 6) is 1.29. The predicted molar refractivity (Wildman–Crippen MR) is 144 cm³/mol. The minimum absolute atomic E-state index is 0.248. The number of pyridine rings is 2. The fourth-order valence-corrected chi connectivity index (χ4v) is 4.84. The number of hydrogen-bond acceptors (Lipinski definition) is 6. The summed E-state index contributed by atoms with van der Waals surface area (Å²) in [6.07, 6.45) is 3.10. The molecule has 35 heavy (non-hydrogen) atoms. The van der Waals surface area contributed by atoms with E-state index < -0.39 is 0 Å². The highest BCUT2D eigenvalue weighted by atomic mass is 16.5. The highest BCUT2D eigenvalue weighted by Gasteiger charge is 2.19. The van der Waals surface area contributed by atoms with E-state index in [4.69, 9.17) is 19.4 Å². The van der Waals surface area contributed by atoms with Crippen molar-refractivity contribution in [2.45, 2.75) is 53.0 Å². The lowest BCUT2D eigenvalue weighted by molar-refractivity contribution is 0.0398. The van der Waals surface area contributed by atoms with Crippen molar-refractivity contribution in [3.63, 3.8) is 0 Å². The Morgan fingerprint density at radius 2 is 1.91 bits per heavy atom. The van der Waals surface area contributed by atoms with Gasteiger partial charge in [-0.15, -0.1) is 0 Å². The predicted octanol–water partition coefficient (Wildman–Crippen LogP) is 5.04. The summed E-state index contributed by atoms with van der Waals surface area (Å²) in [7, 11) is 1.75. The first kappa shape index (κ1) is 25.6. The Bertz CT molecular complexity index is 1130. The smallest absolute Gasteiger partial charge is 0.135 e. The minimum Gasteiger partial charge on any atom is -0.383 e. The number of hydrogen-bond donors (Lipinski definition) is 1. The molecule has 0 amide bonds. The summed E-state index contributed by atoms with van der Waals surface area (Å²) >= 11 is 0. The van der Waals surface area contributed by atoms with Crippen molar-refractivity contribution in [3.05, 3.63) is 41.2 Å². The number of ether oxygens (including phenoxy) is 2. The van der Waals surface area contributed by atoms with Gasteiger partial charge in [-0.25, -0.2) is 9.97 Å². The molecular weight excluding hydrogens is 438 g/mol. The molecule has 1 N–H and O–H groups in total. The van der Waals surface area contributed by atoms with Crippen LogP contribution in [0.3, 0.4) is 0 Å². The topological polar surface area (TPSA) is 64.4 Å². The second-order valence-corrected chi connectivity index (χ2v) is 9.91. The van der Waals surface area contributed by atoms with Crippen molar-refractivity contribution in [1.82, 2.24) is 19.4 Å². The largest absolute Gasteiger partial charge is 0.383 e. The Balaban J connectivity index is 1.72. The molecule has 1 aliphatic rings. The number of nitrogens with one attached hydrogen (secondary N) is 1. The van der Waals surface area contributed by atoms with Gasteiger partial charge in [0, 0.05) is 50.7 Å². The average Bonchev–Trinajstić information content (AvgIpc) is 3.19. The van der Waals surface area contributed by atoms with E-state index in [1.165, 1.54) is 16.6 Å². The monoisotopic (exact) mass is 479 g/mol.